The molecule has 4 amide bonds. The van der Waals surface area contributed by atoms with Gasteiger partial charge in [-0.1, -0.05) is 26.0 Å². The van der Waals surface area contributed by atoms with Gasteiger partial charge in [0, 0.05) is 32.3 Å². The molecule has 2 aromatic rings. The molecule has 4 rings (SSSR count). The molecule has 2 aliphatic rings. The molecule has 2 aliphatic carbocycles. The summed E-state index contributed by atoms with van der Waals surface area (Å²) in [5.74, 6) is -2.81. The van der Waals surface area contributed by atoms with Gasteiger partial charge >= 0.3 is 0 Å². The first-order valence-corrected chi connectivity index (χ1v) is 14.5. The van der Waals surface area contributed by atoms with Gasteiger partial charge in [-0.25, -0.2) is 0 Å². The molecule has 0 saturated heterocycles. The van der Waals surface area contributed by atoms with Crippen LogP contribution in [-0.2, 0) is 32.8 Å². The first kappa shape index (κ1) is 31.6. The number of Topliss-reactive ketones (excluding diaryl/α,β-unsaturated/α-hetero) is 1. The largest absolute Gasteiger partial charge is 0.351 e. The molecule has 232 valence electrons. The van der Waals surface area contributed by atoms with E-state index in [2.05, 4.69) is 52.4 Å². The van der Waals surface area contributed by atoms with Crippen LogP contribution >= 0.6 is 0 Å². The first-order chi connectivity index (χ1) is 20.3. The number of pyridine rings is 1. The monoisotopic (exact) mass is 596 g/mol. The Kier molecular flexibility index (Phi) is 9.16. The van der Waals surface area contributed by atoms with Gasteiger partial charge in [0.2, 0.25) is 17.6 Å². The van der Waals surface area contributed by atoms with E-state index in [1.165, 1.54) is 33.8 Å². The average molecular weight is 597 g/mol. The summed E-state index contributed by atoms with van der Waals surface area (Å²) in [6.07, 6.45) is 5.37. The van der Waals surface area contributed by atoms with Crippen LogP contribution in [0.3, 0.4) is 0 Å². The van der Waals surface area contributed by atoms with Crippen molar-refractivity contribution in [2.45, 2.75) is 78.4 Å². The minimum Gasteiger partial charge on any atom is -0.351 e. The number of aryl methyl sites for hydroxylation is 1. The number of hydrogen-bond acceptors (Lipinski definition) is 8. The fourth-order valence-electron chi connectivity index (χ4n) is 6.39. The van der Waals surface area contributed by atoms with Crippen molar-refractivity contribution in [3.63, 3.8) is 0 Å². The molecule has 43 heavy (non-hydrogen) atoms. The van der Waals surface area contributed by atoms with Crippen molar-refractivity contribution in [1.82, 2.24) is 35.5 Å². The molecule has 2 heterocycles. The van der Waals surface area contributed by atoms with E-state index in [1.807, 2.05) is 0 Å². The van der Waals surface area contributed by atoms with Crippen LogP contribution in [0.5, 0.6) is 0 Å². The number of carbonyl (C=O) groups is 5. The third kappa shape index (κ3) is 6.52. The molecule has 0 aromatic carbocycles. The van der Waals surface area contributed by atoms with E-state index < -0.39 is 35.1 Å². The highest BCUT2D eigenvalue weighted by atomic mass is 16.2. The molecule has 0 aliphatic heterocycles. The number of carbonyl (C=O) groups excluding carboxylic acids is 5. The van der Waals surface area contributed by atoms with Gasteiger partial charge in [-0.3, -0.25) is 33.4 Å². The predicted molar refractivity (Wildman–Crippen MR) is 156 cm³/mol. The number of nitrogens with zero attached hydrogens (tertiary/aromatic N) is 4. The van der Waals surface area contributed by atoms with Gasteiger partial charge in [-0.05, 0) is 61.5 Å². The normalized spacial score (nSPS) is 22.4. The van der Waals surface area contributed by atoms with E-state index in [4.69, 9.17) is 0 Å². The summed E-state index contributed by atoms with van der Waals surface area (Å²) >= 11 is 0. The molecular formula is C29H40N8O6. The number of likely N-dealkylation sites (N-methyl/N-ethyl adjacent to an activating group) is 1. The van der Waals surface area contributed by atoms with E-state index in [-0.39, 0.29) is 60.1 Å². The zero-order valence-electron chi connectivity index (χ0n) is 25.2. The molecule has 2 bridgehead atoms. The van der Waals surface area contributed by atoms with Crippen molar-refractivity contribution in [2.75, 3.05) is 11.9 Å². The minimum atomic E-state index is -1.29. The third-order valence-corrected chi connectivity index (χ3v) is 9.43. The maximum Gasteiger partial charge on any atom is 0.287 e. The Morgan fingerprint density at radius 1 is 1.16 bits per heavy atom. The second-order valence-corrected chi connectivity index (χ2v) is 12.2. The maximum atomic E-state index is 13.3. The molecule has 2 saturated carbocycles. The average Bonchev–Trinajstić information content (AvgIpc) is 3.54. The van der Waals surface area contributed by atoms with Gasteiger partial charge in [0.15, 0.2) is 5.69 Å². The summed E-state index contributed by atoms with van der Waals surface area (Å²) in [5.41, 5.74) is -0.673. The zero-order valence-corrected chi connectivity index (χ0v) is 25.2. The number of hydrogen-bond donors (Lipinski definition) is 4. The number of ketones is 1. The topological polar surface area (TPSA) is 186 Å². The lowest BCUT2D eigenvalue weighted by atomic mass is 9.69. The van der Waals surface area contributed by atoms with Gasteiger partial charge in [0.1, 0.15) is 18.3 Å². The highest BCUT2D eigenvalue weighted by Crippen LogP contribution is 2.65. The SMILES string of the molecule is CCNC(=O)C(=O)CC[C@H](NC(=O)c1cn(C)nn1)C(=O)Nc1cccn(CC(=O)NC2CC3CC[C@]2(C)C3(C)C)c1=O. The lowest BCUT2D eigenvalue weighted by molar-refractivity contribution is -0.138. The lowest BCUT2D eigenvalue weighted by Gasteiger charge is -2.39. The van der Waals surface area contributed by atoms with Crippen LogP contribution < -0.4 is 26.8 Å². The summed E-state index contributed by atoms with van der Waals surface area (Å²) in [5, 5.41) is 18.0. The second kappa shape index (κ2) is 12.5. The summed E-state index contributed by atoms with van der Waals surface area (Å²) in [6.45, 7) is 8.43. The van der Waals surface area contributed by atoms with Crippen LogP contribution in [0.4, 0.5) is 5.69 Å². The van der Waals surface area contributed by atoms with Gasteiger partial charge in [-0.2, -0.15) is 0 Å². The van der Waals surface area contributed by atoms with Crippen LogP contribution in [0.15, 0.2) is 29.3 Å². The second-order valence-electron chi connectivity index (χ2n) is 12.2. The Morgan fingerprint density at radius 3 is 2.51 bits per heavy atom. The van der Waals surface area contributed by atoms with Crippen molar-refractivity contribution in [3.05, 3.63) is 40.6 Å². The highest BCUT2D eigenvalue weighted by Gasteiger charge is 2.61. The smallest absolute Gasteiger partial charge is 0.287 e. The summed E-state index contributed by atoms with van der Waals surface area (Å²) in [7, 11) is 1.57. The standard InChI is InChI=1S/C29H40N8O6/c1-6-30-26(42)21(38)10-9-18(31-25(41)20-15-36(5)35-34-20)24(40)32-19-8-7-13-37(27(19)43)16-23(39)33-22-14-17-11-12-29(22,4)28(17,2)3/h7-8,13,15,17-18,22H,6,9-12,14,16H2,1-5H3,(H,30,42)(H,31,41)(H,32,40)(H,33,39)/t17?,18-,22?,29-/m0/s1. The minimum absolute atomic E-state index is 0.0164. The van der Waals surface area contributed by atoms with Gasteiger partial charge in [0.05, 0.1) is 6.20 Å². The van der Waals surface area contributed by atoms with E-state index in [1.54, 1.807) is 14.0 Å². The fraction of sp³-hybridized carbons (Fsp3) is 0.586. The van der Waals surface area contributed by atoms with Crippen LogP contribution in [0.1, 0.15) is 70.3 Å². The fourth-order valence-corrected chi connectivity index (χ4v) is 6.39. The number of rotatable bonds is 12. The van der Waals surface area contributed by atoms with Crippen molar-refractivity contribution in [1.29, 1.82) is 0 Å². The van der Waals surface area contributed by atoms with E-state index >= 15 is 0 Å². The summed E-state index contributed by atoms with van der Waals surface area (Å²) in [6, 6.07) is 1.65. The van der Waals surface area contributed by atoms with Crippen molar-refractivity contribution >= 4 is 35.1 Å². The molecule has 2 unspecified atom stereocenters. The first-order valence-electron chi connectivity index (χ1n) is 14.5. The Labute approximate surface area is 249 Å². The molecule has 0 radical (unpaired) electrons. The van der Waals surface area contributed by atoms with E-state index in [0.29, 0.717) is 5.92 Å². The van der Waals surface area contributed by atoms with Gasteiger partial charge in [-0.15, -0.1) is 5.10 Å². The van der Waals surface area contributed by atoms with Crippen molar-refractivity contribution < 1.29 is 24.0 Å². The summed E-state index contributed by atoms with van der Waals surface area (Å²) in [4.78, 5) is 76.3. The van der Waals surface area contributed by atoms with E-state index in [9.17, 15) is 28.8 Å². The number of nitrogens with one attached hydrogen (secondary N) is 4. The summed E-state index contributed by atoms with van der Waals surface area (Å²) < 4.78 is 2.51. The third-order valence-electron chi connectivity index (χ3n) is 9.43. The molecule has 2 aromatic heterocycles. The van der Waals surface area contributed by atoms with Crippen molar-refractivity contribution in [2.24, 2.45) is 23.8 Å². The molecule has 14 heteroatoms. The molecule has 0 spiro atoms. The molecule has 4 N–H and O–H groups in total. The van der Waals surface area contributed by atoms with Crippen LogP contribution in [0.25, 0.3) is 0 Å². The Balaban J connectivity index is 1.44. The highest BCUT2D eigenvalue weighted by molar-refractivity contribution is 6.36. The van der Waals surface area contributed by atoms with Crippen molar-refractivity contribution in [3.8, 4) is 0 Å². The molecule has 4 atom stereocenters. The van der Waals surface area contributed by atoms with Gasteiger partial charge in [0.25, 0.3) is 17.4 Å². The quantitative estimate of drug-likeness (QED) is 0.256. The Bertz CT molecular complexity index is 1480. The van der Waals surface area contributed by atoms with Crippen LogP contribution in [-0.4, -0.2) is 67.6 Å². The molecular weight excluding hydrogens is 556 g/mol. The van der Waals surface area contributed by atoms with Gasteiger partial charge < -0.3 is 25.8 Å². The Morgan fingerprint density at radius 2 is 1.91 bits per heavy atom. The zero-order chi connectivity index (χ0) is 31.5. The maximum absolute atomic E-state index is 13.3. The number of aromatic nitrogens is 4. The molecule has 14 nitrogen and oxygen atoms in total. The number of anilines is 1. The number of amides is 4. The lowest BCUT2D eigenvalue weighted by Crippen LogP contribution is -2.48. The molecule has 2 fully saturated rings. The predicted octanol–water partition coefficient (Wildman–Crippen LogP) is 0.530. The Hall–Kier alpha value is -4.36. The number of fused-ring (bicyclic) bond motifs is 2. The van der Waals surface area contributed by atoms with E-state index in [0.717, 1.165) is 19.3 Å². The van der Waals surface area contributed by atoms with Crippen LogP contribution in [0, 0.1) is 16.7 Å². The van der Waals surface area contributed by atoms with Crippen LogP contribution in [0.2, 0.25) is 0 Å².